The lowest BCUT2D eigenvalue weighted by Crippen LogP contribution is -2.25. The van der Waals surface area contributed by atoms with Crippen LogP contribution < -0.4 is 10.9 Å². The predicted molar refractivity (Wildman–Crippen MR) is 129 cm³/mol. The fourth-order valence-corrected chi connectivity index (χ4v) is 4.80. The maximum Gasteiger partial charge on any atom is 0.262 e. The van der Waals surface area contributed by atoms with Crippen molar-refractivity contribution < 1.29 is 17.9 Å². The van der Waals surface area contributed by atoms with Crippen LogP contribution in [0, 0.1) is 0 Å². The molecule has 0 aliphatic heterocycles. The number of ether oxygens (including phenoxy) is 1. The second-order valence-electron chi connectivity index (χ2n) is 7.36. The van der Waals surface area contributed by atoms with Gasteiger partial charge in [-0.05, 0) is 42.8 Å². The summed E-state index contributed by atoms with van der Waals surface area (Å²) < 4.78 is 32.1. The average molecular weight is 491 g/mol. The van der Waals surface area contributed by atoms with Crippen LogP contribution in [0.15, 0.2) is 63.4 Å². The standard InChI is InChI=1S/C22H26N4O5S2/c1-25(2)33(29,30)17-11-9-16(10-12-17)23-20(27)15-32-22-24-19-8-5-4-7-18(19)21(28)26(22)13-6-14-31-3/h4-5,7-12H,6,13-15H2,1-3H3,(H,23,27). The number of carbonyl (C=O) groups excluding carboxylic acids is 1. The first-order valence-corrected chi connectivity index (χ1v) is 12.6. The number of sulfonamides is 1. The molecule has 3 rings (SSSR count). The highest BCUT2D eigenvalue weighted by molar-refractivity contribution is 7.99. The van der Waals surface area contributed by atoms with Gasteiger partial charge in [-0.1, -0.05) is 23.9 Å². The summed E-state index contributed by atoms with van der Waals surface area (Å²) in [4.78, 5) is 30.2. The molecule has 0 atom stereocenters. The van der Waals surface area contributed by atoms with E-state index in [9.17, 15) is 18.0 Å². The monoisotopic (exact) mass is 490 g/mol. The van der Waals surface area contributed by atoms with E-state index in [-0.39, 0.29) is 22.1 Å². The molecular formula is C22H26N4O5S2. The zero-order valence-corrected chi connectivity index (χ0v) is 20.3. The molecule has 176 valence electrons. The molecule has 11 heteroatoms. The highest BCUT2D eigenvalue weighted by atomic mass is 32.2. The van der Waals surface area contributed by atoms with Gasteiger partial charge in [-0.3, -0.25) is 14.2 Å². The number of methoxy groups -OCH3 is 1. The van der Waals surface area contributed by atoms with Crippen molar-refractivity contribution in [3.63, 3.8) is 0 Å². The summed E-state index contributed by atoms with van der Waals surface area (Å²) in [6.07, 6.45) is 0.637. The van der Waals surface area contributed by atoms with Crippen molar-refractivity contribution in [1.82, 2.24) is 13.9 Å². The average Bonchev–Trinajstić information content (AvgIpc) is 2.79. The number of thioether (sulfide) groups is 1. The summed E-state index contributed by atoms with van der Waals surface area (Å²) in [7, 11) is 0.976. The second kappa shape index (κ2) is 10.9. The summed E-state index contributed by atoms with van der Waals surface area (Å²) in [6.45, 7) is 0.930. The highest BCUT2D eigenvalue weighted by Crippen LogP contribution is 2.20. The van der Waals surface area contributed by atoms with Crippen LogP contribution in [0.1, 0.15) is 6.42 Å². The number of carbonyl (C=O) groups is 1. The van der Waals surface area contributed by atoms with Crippen LogP contribution >= 0.6 is 11.8 Å². The summed E-state index contributed by atoms with van der Waals surface area (Å²) in [5, 5.41) is 3.72. The summed E-state index contributed by atoms with van der Waals surface area (Å²) in [5.74, 6) is -0.263. The van der Waals surface area contributed by atoms with E-state index in [0.29, 0.717) is 41.3 Å². The van der Waals surface area contributed by atoms with E-state index in [1.165, 1.54) is 50.1 Å². The molecule has 0 saturated heterocycles. The first-order valence-electron chi connectivity index (χ1n) is 10.2. The molecule has 0 unspecified atom stereocenters. The van der Waals surface area contributed by atoms with Crippen LogP contribution in [0.4, 0.5) is 5.69 Å². The maximum absolute atomic E-state index is 13.0. The third kappa shape index (κ3) is 5.99. The Balaban J connectivity index is 1.73. The van der Waals surface area contributed by atoms with Gasteiger partial charge in [-0.25, -0.2) is 17.7 Å². The number of amides is 1. The van der Waals surface area contributed by atoms with Gasteiger partial charge in [0.1, 0.15) is 0 Å². The SMILES string of the molecule is COCCCn1c(SCC(=O)Nc2ccc(S(=O)(=O)N(C)C)cc2)nc2ccccc2c1=O. The Morgan fingerprint density at radius 1 is 1.15 bits per heavy atom. The number of anilines is 1. The Morgan fingerprint density at radius 2 is 1.85 bits per heavy atom. The fraction of sp³-hybridized carbons (Fsp3) is 0.318. The minimum absolute atomic E-state index is 0.0345. The van der Waals surface area contributed by atoms with Crippen LogP contribution in [0.25, 0.3) is 10.9 Å². The van der Waals surface area contributed by atoms with E-state index in [1.54, 1.807) is 29.9 Å². The number of aromatic nitrogens is 2. The molecule has 1 N–H and O–H groups in total. The van der Waals surface area contributed by atoms with Gasteiger partial charge in [0, 0.05) is 40.0 Å². The molecule has 0 radical (unpaired) electrons. The summed E-state index contributed by atoms with van der Waals surface area (Å²) >= 11 is 1.17. The van der Waals surface area contributed by atoms with Crippen LogP contribution in [0.3, 0.4) is 0 Å². The molecule has 0 bridgehead atoms. The smallest absolute Gasteiger partial charge is 0.262 e. The van der Waals surface area contributed by atoms with Crippen molar-refractivity contribution in [2.75, 3.05) is 38.9 Å². The van der Waals surface area contributed by atoms with Crippen molar-refractivity contribution >= 4 is 44.3 Å². The van der Waals surface area contributed by atoms with Gasteiger partial charge in [-0.2, -0.15) is 0 Å². The Bertz CT molecular complexity index is 1290. The zero-order valence-electron chi connectivity index (χ0n) is 18.6. The van der Waals surface area contributed by atoms with Crippen LogP contribution in [-0.4, -0.2) is 61.7 Å². The number of benzene rings is 2. The van der Waals surface area contributed by atoms with E-state index in [0.717, 1.165) is 4.31 Å². The quantitative estimate of drug-likeness (QED) is 0.264. The molecule has 9 nitrogen and oxygen atoms in total. The number of hydrogen-bond donors (Lipinski definition) is 1. The Morgan fingerprint density at radius 3 is 2.52 bits per heavy atom. The largest absolute Gasteiger partial charge is 0.385 e. The number of para-hydroxylation sites is 1. The molecule has 0 saturated carbocycles. The molecule has 1 heterocycles. The van der Waals surface area contributed by atoms with E-state index in [4.69, 9.17) is 4.74 Å². The fourth-order valence-electron chi connectivity index (χ4n) is 3.07. The van der Waals surface area contributed by atoms with Gasteiger partial charge in [0.05, 0.1) is 21.6 Å². The summed E-state index contributed by atoms with van der Waals surface area (Å²) in [5.41, 5.74) is 0.894. The Hall–Kier alpha value is -2.73. The van der Waals surface area contributed by atoms with Gasteiger partial charge in [-0.15, -0.1) is 0 Å². The Kier molecular flexibility index (Phi) is 8.25. The van der Waals surface area contributed by atoms with E-state index >= 15 is 0 Å². The minimum atomic E-state index is -3.54. The summed E-state index contributed by atoms with van der Waals surface area (Å²) in [6, 6.07) is 13.1. The lowest BCUT2D eigenvalue weighted by molar-refractivity contribution is -0.113. The lowest BCUT2D eigenvalue weighted by atomic mass is 10.2. The first kappa shape index (κ1) is 24.9. The number of rotatable bonds is 10. The Labute approximate surface area is 196 Å². The van der Waals surface area contributed by atoms with Crippen molar-refractivity contribution in [3.8, 4) is 0 Å². The van der Waals surface area contributed by atoms with Crippen molar-refractivity contribution in [3.05, 3.63) is 58.9 Å². The number of nitrogens with one attached hydrogen (secondary N) is 1. The van der Waals surface area contributed by atoms with Crippen LogP contribution in [0.5, 0.6) is 0 Å². The molecule has 0 aliphatic carbocycles. The van der Waals surface area contributed by atoms with Gasteiger partial charge in [0.15, 0.2) is 5.16 Å². The van der Waals surface area contributed by atoms with Crippen molar-refractivity contribution in [2.45, 2.75) is 23.0 Å². The van der Waals surface area contributed by atoms with E-state index < -0.39 is 10.0 Å². The van der Waals surface area contributed by atoms with E-state index in [2.05, 4.69) is 10.3 Å². The highest BCUT2D eigenvalue weighted by Gasteiger charge is 2.17. The first-order chi connectivity index (χ1) is 15.7. The second-order valence-corrected chi connectivity index (χ2v) is 10.5. The normalized spacial score (nSPS) is 11.8. The third-order valence-electron chi connectivity index (χ3n) is 4.81. The number of nitrogens with zero attached hydrogens (tertiary/aromatic N) is 3. The number of fused-ring (bicyclic) bond motifs is 1. The zero-order chi connectivity index (χ0) is 24.0. The van der Waals surface area contributed by atoms with Crippen LogP contribution in [-0.2, 0) is 26.1 Å². The lowest BCUT2D eigenvalue weighted by Gasteiger charge is -2.13. The molecule has 1 amide bonds. The van der Waals surface area contributed by atoms with Gasteiger partial charge in [0.25, 0.3) is 5.56 Å². The van der Waals surface area contributed by atoms with Crippen molar-refractivity contribution in [2.24, 2.45) is 0 Å². The molecular weight excluding hydrogens is 464 g/mol. The van der Waals surface area contributed by atoms with Gasteiger partial charge < -0.3 is 10.1 Å². The molecule has 0 fully saturated rings. The topological polar surface area (TPSA) is 111 Å². The molecule has 0 aliphatic rings. The van der Waals surface area contributed by atoms with Gasteiger partial charge in [0.2, 0.25) is 15.9 Å². The number of hydrogen-bond acceptors (Lipinski definition) is 7. The molecule has 1 aromatic heterocycles. The predicted octanol–water partition coefficient (Wildman–Crippen LogP) is 2.41. The van der Waals surface area contributed by atoms with Crippen molar-refractivity contribution in [1.29, 1.82) is 0 Å². The third-order valence-corrected chi connectivity index (χ3v) is 7.61. The van der Waals surface area contributed by atoms with E-state index in [1.807, 2.05) is 6.07 Å². The molecule has 3 aromatic rings. The van der Waals surface area contributed by atoms with Gasteiger partial charge >= 0.3 is 0 Å². The van der Waals surface area contributed by atoms with Crippen LogP contribution in [0.2, 0.25) is 0 Å². The minimum Gasteiger partial charge on any atom is -0.385 e. The maximum atomic E-state index is 13.0. The molecule has 33 heavy (non-hydrogen) atoms. The molecule has 2 aromatic carbocycles. The molecule has 0 spiro atoms.